The van der Waals surface area contributed by atoms with Crippen molar-refractivity contribution < 1.29 is 4.79 Å². The summed E-state index contributed by atoms with van der Waals surface area (Å²) in [5.41, 5.74) is 2.09. The molecule has 0 bridgehead atoms. The van der Waals surface area contributed by atoms with E-state index in [0.29, 0.717) is 5.75 Å². The molecule has 8 heteroatoms. The molecule has 0 aliphatic carbocycles. The lowest BCUT2D eigenvalue weighted by Crippen LogP contribution is -2.28. The number of nitrogens with zero attached hydrogens (tertiary/aromatic N) is 4. The third-order valence-electron chi connectivity index (χ3n) is 4.14. The van der Waals surface area contributed by atoms with E-state index in [1.807, 2.05) is 53.4 Å². The fourth-order valence-corrected chi connectivity index (χ4v) is 4.32. The topological polar surface area (TPSA) is 72.7 Å². The van der Waals surface area contributed by atoms with Gasteiger partial charge in [-0.25, -0.2) is 15.0 Å². The molecule has 1 amide bonds. The Morgan fingerprint density at radius 1 is 1.26 bits per heavy atom. The monoisotopic (exact) mass is 395 g/mol. The van der Waals surface area contributed by atoms with Gasteiger partial charge in [0.2, 0.25) is 5.91 Å². The summed E-state index contributed by atoms with van der Waals surface area (Å²) in [4.78, 5) is 25.9. The molecule has 6 nitrogen and oxygen atoms in total. The summed E-state index contributed by atoms with van der Waals surface area (Å²) in [6, 6.07) is 10.00. The zero-order valence-electron chi connectivity index (χ0n) is 14.6. The van der Waals surface area contributed by atoms with Crippen molar-refractivity contribution in [2.24, 2.45) is 0 Å². The Hall–Kier alpha value is -2.71. The molecule has 1 N–H and O–H groups in total. The van der Waals surface area contributed by atoms with Crippen molar-refractivity contribution in [2.45, 2.75) is 18.0 Å². The van der Waals surface area contributed by atoms with Crippen LogP contribution in [0, 0.1) is 0 Å². The normalized spacial score (nSPS) is 12.2. The molecule has 0 aliphatic rings. The van der Waals surface area contributed by atoms with Crippen LogP contribution in [0.1, 0.15) is 18.5 Å². The fraction of sp³-hybridized carbons (Fsp3) is 0.158. The van der Waals surface area contributed by atoms with Crippen molar-refractivity contribution >= 4 is 39.2 Å². The number of nitrogens with one attached hydrogen (secondary N) is 1. The Balaban J connectivity index is 1.35. The van der Waals surface area contributed by atoms with Gasteiger partial charge in [0.15, 0.2) is 0 Å². The first-order valence-corrected chi connectivity index (χ1v) is 10.3. The zero-order valence-corrected chi connectivity index (χ0v) is 16.2. The van der Waals surface area contributed by atoms with E-state index in [1.54, 1.807) is 30.2 Å². The highest BCUT2D eigenvalue weighted by atomic mass is 32.2. The van der Waals surface area contributed by atoms with Gasteiger partial charge in [-0.05, 0) is 36.1 Å². The predicted octanol–water partition coefficient (Wildman–Crippen LogP) is 3.85. The number of fused-ring (bicyclic) bond motifs is 1. The molecule has 1 atom stereocenters. The molecule has 0 radical (unpaired) electrons. The average Bonchev–Trinajstić information content (AvgIpc) is 3.38. The van der Waals surface area contributed by atoms with Gasteiger partial charge < -0.3 is 9.88 Å². The summed E-state index contributed by atoms with van der Waals surface area (Å²) in [5.74, 6) is 0.299. The summed E-state index contributed by atoms with van der Waals surface area (Å²) >= 11 is 3.01. The minimum Gasteiger partial charge on any atom is -0.349 e. The lowest BCUT2D eigenvalue weighted by molar-refractivity contribution is -0.119. The van der Waals surface area contributed by atoms with Crippen LogP contribution in [0.15, 0.2) is 65.8 Å². The number of imidazole rings is 1. The lowest BCUT2D eigenvalue weighted by atomic mass is 10.1. The molecular weight excluding hydrogens is 378 g/mol. The molecule has 136 valence electrons. The van der Waals surface area contributed by atoms with E-state index < -0.39 is 0 Å². The Bertz CT molecular complexity index is 1040. The van der Waals surface area contributed by atoms with Crippen molar-refractivity contribution in [3.63, 3.8) is 0 Å². The van der Waals surface area contributed by atoms with Gasteiger partial charge in [0, 0.05) is 23.5 Å². The highest BCUT2D eigenvalue weighted by Crippen LogP contribution is 2.27. The third kappa shape index (κ3) is 4.01. The molecule has 4 rings (SSSR count). The first kappa shape index (κ1) is 17.7. The summed E-state index contributed by atoms with van der Waals surface area (Å²) in [5, 5.41) is 6.87. The molecule has 0 unspecified atom stereocenters. The maximum atomic E-state index is 12.3. The van der Waals surface area contributed by atoms with E-state index in [-0.39, 0.29) is 11.9 Å². The van der Waals surface area contributed by atoms with Crippen molar-refractivity contribution in [2.75, 3.05) is 5.75 Å². The highest BCUT2D eigenvalue weighted by Gasteiger charge is 2.12. The number of benzene rings is 1. The van der Waals surface area contributed by atoms with E-state index in [2.05, 4.69) is 20.3 Å². The molecule has 3 aromatic heterocycles. The Labute approximate surface area is 164 Å². The largest absolute Gasteiger partial charge is 0.349 e. The molecule has 0 saturated heterocycles. The van der Waals surface area contributed by atoms with Gasteiger partial charge in [-0.2, -0.15) is 0 Å². The maximum Gasteiger partial charge on any atom is 0.230 e. The van der Waals surface area contributed by atoms with Gasteiger partial charge in [0.25, 0.3) is 0 Å². The third-order valence-corrected chi connectivity index (χ3v) is 5.96. The maximum absolute atomic E-state index is 12.3. The van der Waals surface area contributed by atoms with Crippen molar-refractivity contribution in [1.29, 1.82) is 0 Å². The minimum atomic E-state index is -0.0681. The van der Waals surface area contributed by atoms with Gasteiger partial charge in [-0.15, -0.1) is 11.3 Å². The van der Waals surface area contributed by atoms with Crippen LogP contribution >= 0.6 is 23.1 Å². The number of carbonyl (C=O) groups is 1. The molecule has 27 heavy (non-hydrogen) atoms. The number of amides is 1. The number of hydrogen-bond donors (Lipinski definition) is 1. The molecule has 1 aromatic carbocycles. The number of rotatable bonds is 6. The van der Waals surface area contributed by atoms with Crippen LogP contribution in [0.4, 0.5) is 0 Å². The van der Waals surface area contributed by atoms with Gasteiger partial charge in [-0.3, -0.25) is 4.79 Å². The van der Waals surface area contributed by atoms with Crippen molar-refractivity contribution in [3.05, 3.63) is 66.3 Å². The number of thiophene rings is 1. The number of aromatic nitrogens is 4. The van der Waals surface area contributed by atoms with Gasteiger partial charge in [-0.1, -0.05) is 23.9 Å². The van der Waals surface area contributed by atoms with Crippen LogP contribution in [-0.4, -0.2) is 31.2 Å². The molecule has 0 saturated carbocycles. The van der Waals surface area contributed by atoms with Crippen molar-refractivity contribution in [3.8, 4) is 5.69 Å². The van der Waals surface area contributed by atoms with Crippen LogP contribution < -0.4 is 5.32 Å². The molecule has 0 spiro atoms. The average molecular weight is 396 g/mol. The summed E-state index contributed by atoms with van der Waals surface area (Å²) < 4.78 is 1.94. The van der Waals surface area contributed by atoms with E-state index in [4.69, 9.17) is 0 Å². The van der Waals surface area contributed by atoms with E-state index in [0.717, 1.165) is 26.5 Å². The van der Waals surface area contributed by atoms with E-state index in [9.17, 15) is 4.79 Å². The van der Waals surface area contributed by atoms with Crippen LogP contribution in [-0.2, 0) is 4.79 Å². The summed E-state index contributed by atoms with van der Waals surface area (Å²) in [7, 11) is 0. The smallest absolute Gasteiger partial charge is 0.230 e. The Kier molecular flexibility index (Phi) is 5.17. The molecule has 0 fully saturated rings. The van der Waals surface area contributed by atoms with Crippen LogP contribution in [0.25, 0.3) is 15.9 Å². The first-order valence-electron chi connectivity index (χ1n) is 8.39. The van der Waals surface area contributed by atoms with Gasteiger partial charge in [0.1, 0.15) is 16.2 Å². The van der Waals surface area contributed by atoms with Crippen LogP contribution in [0.3, 0.4) is 0 Å². The SMILES string of the molecule is C[C@@H](NC(=O)CSc1ncnc2sccc12)c1ccc(-n2ccnc2)cc1. The Morgan fingerprint density at radius 2 is 2.11 bits per heavy atom. The minimum absolute atomic E-state index is 0.0202. The molecule has 3 heterocycles. The first-order chi connectivity index (χ1) is 13.2. The second kappa shape index (κ2) is 7.89. The summed E-state index contributed by atoms with van der Waals surface area (Å²) in [6.07, 6.45) is 6.95. The van der Waals surface area contributed by atoms with Gasteiger partial charge in [0.05, 0.1) is 18.1 Å². The van der Waals surface area contributed by atoms with Crippen LogP contribution in [0.2, 0.25) is 0 Å². The highest BCUT2D eigenvalue weighted by molar-refractivity contribution is 8.00. The van der Waals surface area contributed by atoms with Gasteiger partial charge >= 0.3 is 0 Å². The predicted molar refractivity (Wildman–Crippen MR) is 108 cm³/mol. The number of thioether (sulfide) groups is 1. The van der Waals surface area contributed by atoms with Crippen LogP contribution in [0.5, 0.6) is 0 Å². The summed E-state index contributed by atoms with van der Waals surface area (Å²) in [6.45, 7) is 1.98. The number of carbonyl (C=O) groups excluding carboxylic acids is 1. The van der Waals surface area contributed by atoms with E-state index in [1.165, 1.54) is 11.8 Å². The molecule has 4 aromatic rings. The molecular formula is C19H17N5OS2. The molecule has 0 aliphatic heterocycles. The van der Waals surface area contributed by atoms with Crippen molar-refractivity contribution in [1.82, 2.24) is 24.8 Å². The zero-order chi connectivity index (χ0) is 18.6. The standard InChI is InChI=1S/C19H17N5OS2/c1-13(14-2-4-15(5-3-14)24-8-7-20-12-24)23-17(25)10-27-19-16-6-9-26-18(16)21-11-22-19/h2-9,11-13H,10H2,1H3,(H,23,25)/t13-/m1/s1. The lowest BCUT2D eigenvalue weighted by Gasteiger charge is -2.15. The Morgan fingerprint density at radius 3 is 2.89 bits per heavy atom. The quantitative estimate of drug-likeness (QED) is 0.397. The number of hydrogen-bond acceptors (Lipinski definition) is 6. The fourth-order valence-electron chi connectivity index (χ4n) is 2.73. The van der Waals surface area contributed by atoms with E-state index >= 15 is 0 Å². The second-order valence-electron chi connectivity index (χ2n) is 5.96. The second-order valence-corrected chi connectivity index (χ2v) is 7.82.